The molecule has 3 N–H and O–H groups in total. The molecule has 0 amide bonds. The molecule has 2 nitrogen and oxygen atoms in total. The molecule has 0 saturated heterocycles. The van der Waals surface area contributed by atoms with Crippen molar-refractivity contribution in [3.63, 3.8) is 0 Å². The molecule has 1 aromatic rings. The van der Waals surface area contributed by atoms with E-state index in [2.05, 4.69) is 26.0 Å². The van der Waals surface area contributed by atoms with E-state index >= 15 is 0 Å². The zero-order chi connectivity index (χ0) is 10.6. The summed E-state index contributed by atoms with van der Waals surface area (Å²) in [6, 6.07) is 6.21. The number of aryl methyl sites for hydroxylation is 2. The van der Waals surface area contributed by atoms with Gasteiger partial charge in [-0.3, -0.25) is 0 Å². The van der Waals surface area contributed by atoms with Crippen molar-refractivity contribution in [1.82, 2.24) is 0 Å². The van der Waals surface area contributed by atoms with Gasteiger partial charge in [0.25, 0.3) is 0 Å². The van der Waals surface area contributed by atoms with Crippen LogP contribution >= 0.6 is 0 Å². The summed E-state index contributed by atoms with van der Waals surface area (Å²) in [5, 5.41) is 9.67. The van der Waals surface area contributed by atoms with Crippen LogP contribution in [0.1, 0.15) is 23.1 Å². The van der Waals surface area contributed by atoms with Gasteiger partial charge in [0.1, 0.15) is 0 Å². The number of nitrogens with two attached hydrogens (primary N) is 1. The number of benzene rings is 1. The van der Waals surface area contributed by atoms with Crippen LogP contribution in [0.2, 0.25) is 0 Å². The van der Waals surface area contributed by atoms with E-state index in [9.17, 15) is 5.11 Å². The Balaban J connectivity index is 2.75. The van der Waals surface area contributed by atoms with Crippen LogP contribution in [0, 0.1) is 13.8 Å². The van der Waals surface area contributed by atoms with Crippen LogP contribution in [0.4, 0.5) is 0 Å². The molecule has 0 radical (unpaired) electrons. The van der Waals surface area contributed by atoms with Crippen LogP contribution in [0.15, 0.2) is 18.2 Å². The van der Waals surface area contributed by atoms with Gasteiger partial charge in [-0.05, 0) is 49.9 Å². The number of rotatable bonds is 4. The first-order valence-corrected chi connectivity index (χ1v) is 5.08. The second kappa shape index (κ2) is 5.13. The number of hydrogen-bond donors (Lipinski definition) is 2. The molecule has 78 valence electrons. The van der Waals surface area contributed by atoms with E-state index in [0.717, 1.165) is 6.42 Å². The van der Waals surface area contributed by atoms with Crippen LogP contribution in [0.5, 0.6) is 0 Å². The molecule has 0 aliphatic rings. The van der Waals surface area contributed by atoms with Crippen LogP contribution in [0.3, 0.4) is 0 Å². The smallest absolute Gasteiger partial charge is 0.0592 e. The van der Waals surface area contributed by atoms with Crippen molar-refractivity contribution < 1.29 is 5.11 Å². The third-order valence-corrected chi connectivity index (χ3v) is 2.58. The topological polar surface area (TPSA) is 46.2 Å². The van der Waals surface area contributed by atoms with Crippen molar-refractivity contribution in [3.8, 4) is 0 Å². The van der Waals surface area contributed by atoms with E-state index in [4.69, 9.17) is 5.73 Å². The summed E-state index contributed by atoms with van der Waals surface area (Å²) in [4.78, 5) is 0. The maximum absolute atomic E-state index is 9.67. The molecular formula is C12H19NO. The highest BCUT2D eigenvalue weighted by Gasteiger charge is 2.08. The number of aliphatic hydroxyl groups excluding tert-OH is 1. The highest BCUT2D eigenvalue weighted by molar-refractivity contribution is 5.33. The minimum absolute atomic E-state index is 0.306. The van der Waals surface area contributed by atoms with Gasteiger partial charge in [-0.15, -0.1) is 0 Å². The maximum Gasteiger partial charge on any atom is 0.0592 e. The number of hydrogen-bond acceptors (Lipinski definition) is 2. The van der Waals surface area contributed by atoms with Gasteiger partial charge in [0, 0.05) is 0 Å². The van der Waals surface area contributed by atoms with E-state index in [0.29, 0.717) is 13.0 Å². The summed E-state index contributed by atoms with van der Waals surface area (Å²) in [5.41, 5.74) is 9.16. The highest BCUT2D eigenvalue weighted by Crippen LogP contribution is 2.16. The van der Waals surface area contributed by atoms with Crippen LogP contribution in [0.25, 0.3) is 0 Å². The standard InChI is InChI=1S/C12H19NO/c1-9-4-3-5-10(2)12(9)8-11(14)6-7-13/h3-5,11,14H,6-8,13H2,1-2H3. The summed E-state index contributed by atoms with van der Waals surface area (Å²) in [7, 11) is 0. The molecular weight excluding hydrogens is 174 g/mol. The molecule has 0 aromatic heterocycles. The lowest BCUT2D eigenvalue weighted by molar-refractivity contribution is 0.167. The Hall–Kier alpha value is -0.860. The van der Waals surface area contributed by atoms with Crippen LogP contribution < -0.4 is 5.73 Å². The van der Waals surface area contributed by atoms with Crippen LogP contribution in [-0.4, -0.2) is 17.8 Å². The number of aliphatic hydroxyl groups is 1. The molecule has 0 aliphatic carbocycles. The van der Waals surface area contributed by atoms with Crippen molar-refractivity contribution in [2.75, 3.05) is 6.54 Å². The van der Waals surface area contributed by atoms with Gasteiger partial charge in [0.2, 0.25) is 0 Å². The van der Waals surface area contributed by atoms with Crippen molar-refractivity contribution in [2.45, 2.75) is 32.8 Å². The maximum atomic E-state index is 9.67. The average molecular weight is 193 g/mol. The minimum Gasteiger partial charge on any atom is -0.393 e. The molecule has 0 bridgehead atoms. The average Bonchev–Trinajstić information content (AvgIpc) is 2.12. The molecule has 2 heteroatoms. The Morgan fingerprint density at radius 1 is 1.29 bits per heavy atom. The molecule has 0 saturated carbocycles. The molecule has 0 fully saturated rings. The zero-order valence-electron chi connectivity index (χ0n) is 8.96. The van der Waals surface area contributed by atoms with Crippen molar-refractivity contribution >= 4 is 0 Å². The van der Waals surface area contributed by atoms with Gasteiger partial charge >= 0.3 is 0 Å². The Bertz CT molecular complexity index is 276. The first-order valence-electron chi connectivity index (χ1n) is 5.08. The molecule has 14 heavy (non-hydrogen) atoms. The van der Waals surface area contributed by atoms with Gasteiger partial charge in [0.05, 0.1) is 6.10 Å². The first kappa shape index (κ1) is 11.2. The van der Waals surface area contributed by atoms with E-state index in [1.165, 1.54) is 16.7 Å². The quantitative estimate of drug-likeness (QED) is 0.762. The molecule has 1 atom stereocenters. The molecule has 0 heterocycles. The highest BCUT2D eigenvalue weighted by atomic mass is 16.3. The Kier molecular flexibility index (Phi) is 4.11. The van der Waals surface area contributed by atoms with Gasteiger partial charge < -0.3 is 10.8 Å². The van der Waals surface area contributed by atoms with Gasteiger partial charge in [-0.2, -0.15) is 0 Å². The molecule has 1 unspecified atom stereocenters. The lowest BCUT2D eigenvalue weighted by Gasteiger charge is -2.13. The van der Waals surface area contributed by atoms with Gasteiger partial charge in [-0.25, -0.2) is 0 Å². The van der Waals surface area contributed by atoms with Crippen LogP contribution in [-0.2, 0) is 6.42 Å². The summed E-state index contributed by atoms with van der Waals surface area (Å²) in [6.07, 6.45) is 1.09. The fourth-order valence-electron chi connectivity index (χ4n) is 1.70. The predicted molar refractivity (Wildman–Crippen MR) is 59.3 cm³/mol. The normalized spacial score (nSPS) is 12.9. The van der Waals surface area contributed by atoms with E-state index in [1.54, 1.807) is 0 Å². The van der Waals surface area contributed by atoms with Crippen molar-refractivity contribution in [1.29, 1.82) is 0 Å². The second-order valence-corrected chi connectivity index (χ2v) is 3.81. The Morgan fingerprint density at radius 2 is 1.86 bits per heavy atom. The minimum atomic E-state index is -0.306. The molecule has 0 aliphatic heterocycles. The predicted octanol–water partition coefficient (Wildman–Crippen LogP) is 1.56. The summed E-state index contributed by atoms with van der Waals surface area (Å²) < 4.78 is 0. The summed E-state index contributed by atoms with van der Waals surface area (Å²) >= 11 is 0. The van der Waals surface area contributed by atoms with Crippen molar-refractivity contribution in [3.05, 3.63) is 34.9 Å². The SMILES string of the molecule is Cc1cccc(C)c1CC(O)CCN. The van der Waals surface area contributed by atoms with E-state index in [-0.39, 0.29) is 6.10 Å². The fraction of sp³-hybridized carbons (Fsp3) is 0.500. The van der Waals surface area contributed by atoms with Gasteiger partial charge in [0.15, 0.2) is 0 Å². The van der Waals surface area contributed by atoms with Crippen molar-refractivity contribution in [2.24, 2.45) is 5.73 Å². The third-order valence-electron chi connectivity index (χ3n) is 2.58. The summed E-state index contributed by atoms with van der Waals surface area (Å²) in [5.74, 6) is 0. The molecule has 1 rings (SSSR count). The molecule has 0 spiro atoms. The van der Waals surface area contributed by atoms with E-state index < -0.39 is 0 Å². The second-order valence-electron chi connectivity index (χ2n) is 3.81. The summed E-state index contributed by atoms with van der Waals surface area (Å²) in [6.45, 7) is 4.71. The fourth-order valence-corrected chi connectivity index (χ4v) is 1.70. The Labute approximate surface area is 85.8 Å². The Morgan fingerprint density at radius 3 is 2.36 bits per heavy atom. The lowest BCUT2D eigenvalue weighted by atomic mass is 9.96. The molecule has 1 aromatic carbocycles. The largest absolute Gasteiger partial charge is 0.393 e. The monoisotopic (exact) mass is 193 g/mol. The van der Waals surface area contributed by atoms with Gasteiger partial charge in [-0.1, -0.05) is 18.2 Å². The first-order chi connectivity index (χ1) is 6.65. The third kappa shape index (κ3) is 2.82. The zero-order valence-corrected chi connectivity index (χ0v) is 8.96. The lowest BCUT2D eigenvalue weighted by Crippen LogP contribution is -2.17. The van der Waals surface area contributed by atoms with E-state index in [1.807, 2.05) is 6.07 Å².